The van der Waals surface area contributed by atoms with Crippen molar-refractivity contribution in [2.75, 3.05) is 0 Å². The molecule has 2 heteroatoms. The number of aliphatic hydroxyl groups excluding tert-OH is 1. The number of aliphatic hydroxyl groups is 2. The Morgan fingerprint density at radius 2 is 2.05 bits per heavy atom. The number of benzene rings is 1. The minimum Gasteiger partial charge on any atom is -0.392 e. The van der Waals surface area contributed by atoms with Crippen LogP contribution in [0.15, 0.2) is 24.3 Å². The Morgan fingerprint density at radius 3 is 2.80 bits per heavy atom. The Labute approximate surface area is 121 Å². The highest BCUT2D eigenvalue weighted by molar-refractivity contribution is 5.28. The first-order valence-electron chi connectivity index (χ1n) is 7.90. The summed E-state index contributed by atoms with van der Waals surface area (Å²) in [7, 11) is 0. The molecule has 0 aromatic heterocycles. The Balaban J connectivity index is 1.85. The summed E-state index contributed by atoms with van der Waals surface area (Å²) in [6.07, 6.45) is 5.23. The van der Waals surface area contributed by atoms with Gasteiger partial charge in [-0.2, -0.15) is 0 Å². The summed E-state index contributed by atoms with van der Waals surface area (Å²) < 4.78 is 0. The molecule has 0 bridgehead atoms. The predicted molar refractivity (Wildman–Crippen MR) is 80.4 cm³/mol. The highest BCUT2D eigenvalue weighted by atomic mass is 16.3. The lowest BCUT2D eigenvalue weighted by atomic mass is 9.59. The predicted octanol–water partition coefficient (Wildman–Crippen LogP) is 3.61. The van der Waals surface area contributed by atoms with Crippen LogP contribution < -0.4 is 0 Å². The third-order valence-electron chi connectivity index (χ3n) is 6.34. The molecule has 0 heterocycles. The Kier molecular flexibility index (Phi) is 3.42. The van der Waals surface area contributed by atoms with E-state index in [0.29, 0.717) is 11.8 Å². The Morgan fingerprint density at radius 1 is 1.25 bits per heavy atom. The Hall–Kier alpha value is -0.860. The van der Waals surface area contributed by atoms with E-state index in [4.69, 9.17) is 0 Å². The summed E-state index contributed by atoms with van der Waals surface area (Å²) in [6, 6.07) is 8.24. The van der Waals surface area contributed by atoms with Crippen LogP contribution in [-0.4, -0.2) is 15.8 Å². The molecule has 0 saturated heterocycles. The van der Waals surface area contributed by atoms with Crippen molar-refractivity contribution < 1.29 is 10.2 Å². The van der Waals surface area contributed by atoms with Crippen molar-refractivity contribution in [3.63, 3.8) is 0 Å². The van der Waals surface area contributed by atoms with Crippen molar-refractivity contribution in [2.24, 2.45) is 11.3 Å². The van der Waals surface area contributed by atoms with Gasteiger partial charge in [-0.15, -0.1) is 0 Å². The lowest BCUT2D eigenvalue weighted by molar-refractivity contribution is -0.102. The van der Waals surface area contributed by atoms with Gasteiger partial charge in [-0.25, -0.2) is 0 Å². The zero-order chi connectivity index (χ0) is 14.4. The smallest absolute Gasteiger partial charge is 0.0709 e. The van der Waals surface area contributed by atoms with Crippen molar-refractivity contribution in [3.8, 4) is 0 Å². The molecule has 3 rings (SSSR count). The van der Waals surface area contributed by atoms with Crippen LogP contribution in [0, 0.1) is 11.3 Å². The van der Waals surface area contributed by atoms with E-state index in [-0.39, 0.29) is 12.0 Å². The molecule has 2 fully saturated rings. The molecule has 2 nitrogen and oxygen atoms in total. The molecule has 4 unspecified atom stereocenters. The summed E-state index contributed by atoms with van der Waals surface area (Å²) in [5, 5.41) is 20.4. The van der Waals surface area contributed by atoms with Crippen LogP contribution in [0.4, 0.5) is 0 Å². The van der Waals surface area contributed by atoms with Gasteiger partial charge in [0.05, 0.1) is 12.2 Å². The first-order valence-corrected chi connectivity index (χ1v) is 7.90. The van der Waals surface area contributed by atoms with E-state index < -0.39 is 5.60 Å². The van der Waals surface area contributed by atoms with E-state index in [1.807, 2.05) is 12.1 Å². The molecule has 0 radical (unpaired) electrons. The van der Waals surface area contributed by atoms with Crippen LogP contribution in [0.1, 0.15) is 63.0 Å². The molecule has 110 valence electrons. The van der Waals surface area contributed by atoms with Gasteiger partial charge in [0.2, 0.25) is 0 Å². The molecule has 2 aliphatic carbocycles. The zero-order valence-corrected chi connectivity index (χ0v) is 12.6. The van der Waals surface area contributed by atoms with E-state index in [9.17, 15) is 10.2 Å². The van der Waals surface area contributed by atoms with Gasteiger partial charge in [0, 0.05) is 0 Å². The molecule has 2 saturated carbocycles. The maximum absolute atomic E-state index is 11.1. The monoisotopic (exact) mass is 274 g/mol. The standard InChI is InChI=1S/C18H26O2/c1-13-6-9-18(20)11-16(7-8-17(13,18)2)15-5-3-4-14(10-15)12-19/h3-5,10,13,16,19-20H,6-9,11-12H2,1-2H3. The van der Waals surface area contributed by atoms with Crippen LogP contribution in [-0.2, 0) is 6.61 Å². The summed E-state index contributed by atoms with van der Waals surface area (Å²) in [4.78, 5) is 0. The third-order valence-corrected chi connectivity index (χ3v) is 6.34. The van der Waals surface area contributed by atoms with Crippen LogP contribution in [0.5, 0.6) is 0 Å². The van der Waals surface area contributed by atoms with Crippen molar-refractivity contribution in [2.45, 2.75) is 64.1 Å². The summed E-state index contributed by atoms with van der Waals surface area (Å²) in [5.41, 5.74) is 1.86. The fraction of sp³-hybridized carbons (Fsp3) is 0.667. The van der Waals surface area contributed by atoms with E-state index in [2.05, 4.69) is 26.0 Å². The lowest BCUT2D eigenvalue weighted by Gasteiger charge is -2.49. The van der Waals surface area contributed by atoms with Crippen LogP contribution >= 0.6 is 0 Å². The average Bonchev–Trinajstić information content (AvgIpc) is 2.70. The second-order valence-electron chi connectivity index (χ2n) is 7.23. The molecule has 4 atom stereocenters. The van der Waals surface area contributed by atoms with E-state index in [1.165, 1.54) is 5.56 Å². The average molecular weight is 274 g/mol. The SMILES string of the molecule is CC1CCC2(O)CC(c3cccc(CO)c3)CCC12C. The van der Waals surface area contributed by atoms with Crippen molar-refractivity contribution in [1.29, 1.82) is 0 Å². The van der Waals surface area contributed by atoms with Crippen molar-refractivity contribution >= 4 is 0 Å². The highest BCUT2D eigenvalue weighted by Gasteiger charge is 2.57. The topological polar surface area (TPSA) is 40.5 Å². The largest absolute Gasteiger partial charge is 0.392 e. The van der Waals surface area contributed by atoms with Crippen LogP contribution in [0.3, 0.4) is 0 Å². The molecular weight excluding hydrogens is 248 g/mol. The number of rotatable bonds is 2. The van der Waals surface area contributed by atoms with Crippen molar-refractivity contribution in [1.82, 2.24) is 0 Å². The molecular formula is C18H26O2. The summed E-state index contributed by atoms with van der Waals surface area (Å²) >= 11 is 0. The molecule has 1 aromatic rings. The quantitative estimate of drug-likeness (QED) is 0.865. The molecule has 20 heavy (non-hydrogen) atoms. The lowest BCUT2D eigenvalue weighted by Crippen LogP contribution is -2.48. The molecule has 0 spiro atoms. The van der Waals surface area contributed by atoms with Gasteiger partial charge in [0.15, 0.2) is 0 Å². The molecule has 2 N–H and O–H groups in total. The number of hydrogen-bond donors (Lipinski definition) is 2. The Bertz CT molecular complexity index is 498. The van der Waals surface area contributed by atoms with Gasteiger partial charge >= 0.3 is 0 Å². The van der Waals surface area contributed by atoms with Gasteiger partial charge in [0.25, 0.3) is 0 Å². The van der Waals surface area contributed by atoms with E-state index >= 15 is 0 Å². The fourth-order valence-electron chi connectivity index (χ4n) is 4.55. The van der Waals surface area contributed by atoms with Crippen molar-refractivity contribution in [3.05, 3.63) is 35.4 Å². The summed E-state index contributed by atoms with van der Waals surface area (Å²) in [5.74, 6) is 1.06. The zero-order valence-electron chi connectivity index (χ0n) is 12.6. The molecule has 0 aliphatic heterocycles. The van der Waals surface area contributed by atoms with Gasteiger partial charge in [-0.1, -0.05) is 38.1 Å². The van der Waals surface area contributed by atoms with Gasteiger partial charge in [0.1, 0.15) is 0 Å². The molecule has 1 aromatic carbocycles. The molecule has 0 amide bonds. The third kappa shape index (κ3) is 2.01. The van der Waals surface area contributed by atoms with Crippen LogP contribution in [0.25, 0.3) is 0 Å². The summed E-state index contributed by atoms with van der Waals surface area (Å²) in [6.45, 7) is 4.68. The fourth-order valence-corrected chi connectivity index (χ4v) is 4.55. The number of fused-ring (bicyclic) bond motifs is 1. The highest BCUT2D eigenvalue weighted by Crippen LogP contribution is 2.60. The maximum atomic E-state index is 11.1. The molecule has 2 aliphatic rings. The van der Waals surface area contributed by atoms with E-state index in [0.717, 1.165) is 37.7 Å². The van der Waals surface area contributed by atoms with Gasteiger partial charge < -0.3 is 10.2 Å². The first kappa shape index (κ1) is 14.1. The minimum absolute atomic E-state index is 0.0953. The second-order valence-corrected chi connectivity index (χ2v) is 7.23. The minimum atomic E-state index is -0.495. The number of hydrogen-bond acceptors (Lipinski definition) is 2. The maximum Gasteiger partial charge on any atom is 0.0709 e. The van der Waals surface area contributed by atoms with Gasteiger partial charge in [-0.05, 0) is 60.5 Å². The van der Waals surface area contributed by atoms with Crippen LogP contribution in [0.2, 0.25) is 0 Å². The van der Waals surface area contributed by atoms with E-state index in [1.54, 1.807) is 0 Å². The van der Waals surface area contributed by atoms with Gasteiger partial charge in [-0.3, -0.25) is 0 Å². The second kappa shape index (κ2) is 4.85. The normalized spacial score (nSPS) is 40.6. The first-order chi connectivity index (χ1) is 9.48.